The summed E-state index contributed by atoms with van der Waals surface area (Å²) in [4.78, 5) is 27.1. The van der Waals surface area contributed by atoms with Crippen molar-refractivity contribution in [2.45, 2.75) is 20.2 Å². The number of hydrogen-bond donors (Lipinski definition) is 1. The quantitative estimate of drug-likeness (QED) is 0.717. The molecule has 1 aliphatic heterocycles. The van der Waals surface area contributed by atoms with E-state index in [1.165, 1.54) is 15.9 Å². The van der Waals surface area contributed by atoms with Crippen molar-refractivity contribution in [3.8, 4) is 0 Å². The first-order valence-corrected chi connectivity index (χ1v) is 5.26. The molecule has 1 unspecified atom stereocenters. The maximum atomic E-state index is 11.8. The van der Waals surface area contributed by atoms with Crippen LogP contribution >= 0.6 is 0 Å². The Labute approximate surface area is 94.7 Å². The van der Waals surface area contributed by atoms with Crippen LogP contribution in [-0.4, -0.2) is 57.9 Å². The van der Waals surface area contributed by atoms with Crippen molar-refractivity contribution in [3.05, 3.63) is 12.7 Å². The van der Waals surface area contributed by atoms with Gasteiger partial charge in [-0.05, 0) is 13.8 Å². The smallest absolute Gasteiger partial charge is 0.331 e. The Morgan fingerprint density at radius 1 is 1.25 bits per heavy atom. The average Bonchev–Trinajstić information content (AvgIpc) is 2.26. The summed E-state index contributed by atoms with van der Waals surface area (Å²) in [6.45, 7) is 7.82. The minimum atomic E-state index is -1.20. The van der Waals surface area contributed by atoms with Crippen LogP contribution in [0, 0.1) is 0 Å². The molecule has 0 aromatic rings. The molecule has 1 N–H and O–H groups in total. The topological polar surface area (TPSA) is 64.1 Å². The first-order chi connectivity index (χ1) is 7.58. The van der Waals surface area contributed by atoms with Crippen LogP contribution in [0.3, 0.4) is 0 Å². The normalized spacial score (nSPS) is 21.7. The summed E-state index contributed by atoms with van der Waals surface area (Å²) in [5.41, 5.74) is 0. The molecule has 0 aliphatic carbocycles. The van der Waals surface area contributed by atoms with Crippen molar-refractivity contribution in [3.63, 3.8) is 0 Å². The summed E-state index contributed by atoms with van der Waals surface area (Å²) in [5, 5.41) is 9.85. The Hall–Kier alpha value is -1.56. The van der Waals surface area contributed by atoms with Gasteiger partial charge in [0, 0.05) is 19.6 Å². The highest BCUT2D eigenvalue weighted by Crippen LogP contribution is 2.17. The fraction of sp³-hybridized carbons (Fsp3) is 0.600. The van der Waals surface area contributed by atoms with Crippen LogP contribution in [0.5, 0.6) is 0 Å². The third kappa shape index (κ3) is 1.88. The lowest BCUT2D eigenvalue weighted by Gasteiger charge is -2.43. The van der Waals surface area contributed by atoms with E-state index < -0.39 is 18.4 Å². The van der Waals surface area contributed by atoms with Gasteiger partial charge in [0.25, 0.3) is 0 Å². The van der Waals surface area contributed by atoms with E-state index in [4.69, 9.17) is 0 Å². The molecule has 0 spiro atoms. The lowest BCUT2D eigenvalue weighted by Crippen LogP contribution is -2.66. The van der Waals surface area contributed by atoms with Crippen molar-refractivity contribution in [1.29, 1.82) is 0 Å². The van der Waals surface area contributed by atoms with Crippen LogP contribution in [0.15, 0.2) is 12.7 Å². The Morgan fingerprint density at radius 2 is 1.81 bits per heavy atom. The van der Waals surface area contributed by atoms with Crippen LogP contribution in [0.2, 0.25) is 0 Å². The highest BCUT2D eigenvalue weighted by molar-refractivity contribution is 5.95. The zero-order valence-electron chi connectivity index (χ0n) is 9.59. The predicted octanol–water partition coefficient (Wildman–Crippen LogP) is 0.648. The average molecular weight is 227 g/mol. The van der Waals surface area contributed by atoms with E-state index in [-0.39, 0.29) is 13.1 Å². The first-order valence-electron chi connectivity index (χ1n) is 5.26. The number of amides is 4. The van der Waals surface area contributed by atoms with E-state index in [0.29, 0.717) is 6.54 Å². The largest absolute Gasteiger partial charge is 0.356 e. The van der Waals surface area contributed by atoms with Gasteiger partial charge in [0.05, 0.1) is 0 Å². The van der Waals surface area contributed by atoms with Crippen molar-refractivity contribution in [2.75, 3.05) is 19.6 Å². The van der Waals surface area contributed by atoms with E-state index in [9.17, 15) is 14.7 Å². The molecule has 16 heavy (non-hydrogen) atoms. The molecule has 0 saturated carbocycles. The molecule has 1 fully saturated rings. The molecule has 0 aromatic heterocycles. The second-order valence-corrected chi connectivity index (χ2v) is 3.38. The zero-order chi connectivity index (χ0) is 12.3. The maximum absolute atomic E-state index is 11.8. The number of rotatable bonds is 4. The standard InChI is InChI=1S/C10H17N3O3/c1-4-7-13-9(15)11(5-2)8(14)12(6-3)10(13)16/h4,9,15H,1,5-7H2,2-3H3. The second-order valence-electron chi connectivity index (χ2n) is 3.38. The molecule has 1 heterocycles. The molecule has 0 aromatic carbocycles. The second kappa shape index (κ2) is 4.98. The predicted molar refractivity (Wildman–Crippen MR) is 58.5 cm³/mol. The molecule has 90 valence electrons. The van der Waals surface area contributed by atoms with E-state index in [0.717, 1.165) is 4.90 Å². The molecular formula is C10H17N3O3. The van der Waals surface area contributed by atoms with Gasteiger partial charge >= 0.3 is 12.1 Å². The van der Waals surface area contributed by atoms with E-state index in [1.54, 1.807) is 13.8 Å². The number of aliphatic hydroxyl groups excluding tert-OH is 1. The van der Waals surface area contributed by atoms with Gasteiger partial charge in [0.15, 0.2) is 0 Å². The third-order valence-corrected chi connectivity index (χ3v) is 2.49. The number of hydrogen-bond acceptors (Lipinski definition) is 3. The maximum Gasteiger partial charge on any atom is 0.331 e. The Morgan fingerprint density at radius 3 is 2.25 bits per heavy atom. The summed E-state index contributed by atoms with van der Waals surface area (Å²) in [5.74, 6) is 0. The number of carbonyl (C=O) groups is 2. The van der Waals surface area contributed by atoms with Crippen LogP contribution in [0.1, 0.15) is 13.8 Å². The summed E-state index contributed by atoms with van der Waals surface area (Å²) in [7, 11) is 0. The van der Waals surface area contributed by atoms with Crippen molar-refractivity contribution < 1.29 is 14.7 Å². The number of urea groups is 2. The molecule has 1 aliphatic rings. The number of carbonyl (C=O) groups excluding carboxylic acids is 2. The molecule has 1 saturated heterocycles. The van der Waals surface area contributed by atoms with Crippen LogP contribution < -0.4 is 0 Å². The van der Waals surface area contributed by atoms with E-state index >= 15 is 0 Å². The number of imide groups is 1. The van der Waals surface area contributed by atoms with Crippen molar-refractivity contribution in [2.24, 2.45) is 0 Å². The highest BCUT2D eigenvalue weighted by atomic mass is 16.3. The van der Waals surface area contributed by atoms with Gasteiger partial charge in [-0.3, -0.25) is 9.80 Å². The SMILES string of the molecule is C=CCN1C(=O)N(CC)C(=O)N(CC)C1O. The molecular weight excluding hydrogens is 210 g/mol. The van der Waals surface area contributed by atoms with Gasteiger partial charge in [-0.1, -0.05) is 6.08 Å². The number of aliphatic hydroxyl groups is 1. The lowest BCUT2D eigenvalue weighted by molar-refractivity contribution is -0.0863. The molecule has 1 rings (SSSR count). The van der Waals surface area contributed by atoms with Crippen LogP contribution in [0.4, 0.5) is 9.59 Å². The van der Waals surface area contributed by atoms with Gasteiger partial charge in [-0.25, -0.2) is 14.5 Å². The van der Waals surface area contributed by atoms with Gasteiger partial charge < -0.3 is 5.11 Å². The summed E-state index contributed by atoms with van der Waals surface area (Å²) < 4.78 is 0. The minimum absolute atomic E-state index is 0.209. The van der Waals surface area contributed by atoms with Crippen LogP contribution in [-0.2, 0) is 0 Å². The third-order valence-electron chi connectivity index (χ3n) is 2.49. The summed E-state index contributed by atoms with van der Waals surface area (Å²) in [6.07, 6.45) is 0.310. The minimum Gasteiger partial charge on any atom is -0.356 e. The fourth-order valence-electron chi connectivity index (χ4n) is 1.64. The van der Waals surface area contributed by atoms with Gasteiger partial charge in [0.2, 0.25) is 6.35 Å². The van der Waals surface area contributed by atoms with Crippen molar-refractivity contribution in [1.82, 2.24) is 14.7 Å². The van der Waals surface area contributed by atoms with E-state index in [2.05, 4.69) is 6.58 Å². The molecule has 4 amide bonds. The van der Waals surface area contributed by atoms with Crippen molar-refractivity contribution >= 4 is 12.1 Å². The summed E-state index contributed by atoms with van der Waals surface area (Å²) in [6, 6.07) is -0.938. The summed E-state index contributed by atoms with van der Waals surface area (Å²) >= 11 is 0. The molecule has 1 atom stereocenters. The Bertz CT molecular complexity index is 306. The molecule has 0 bridgehead atoms. The highest BCUT2D eigenvalue weighted by Gasteiger charge is 2.41. The number of nitrogens with zero attached hydrogens (tertiary/aromatic N) is 3. The van der Waals surface area contributed by atoms with Gasteiger partial charge in [-0.2, -0.15) is 0 Å². The lowest BCUT2D eigenvalue weighted by atomic mass is 10.4. The Balaban J connectivity index is 2.99. The molecule has 0 radical (unpaired) electrons. The fourth-order valence-corrected chi connectivity index (χ4v) is 1.64. The van der Waals surface area contributed by atoms with Gasteiger partial charge in [-0.15, -0.1) is 6.58 Å². The monoisotopic (exact) mass is 227 g/mol. The van der Waals surface area contributed by atoms with E-state index in [1.807, 2.05) is 0 Å². The molecule has 6 nitrogen and oxygen atoms in total. The van der Waals surface area contributed by atoms with Gasteiger partial charge in [0.1, 0.15) is 0 Å². The van der Waals surface area contributed by atoms with Crippen LogP contribution in [0.25, 0.3) is 0 Å². The first kappa shape index (κ1) is 12.5. The Kier molecular flexibility index (Phi) is 3.89. The zero-order valence-corrected chi connectivity index (χ0v) is 9.59. The molecule has 6 heteroatoms.